The van der Waals surface area contributed by atoms with Crippen molar-refractivity contribution in [3.8, 4) is 0 Å². The van der Waals surface area contributed by atoms with E-state index in [9.17, 15) is 4.79 Å². The third-order valence-corrected chi connectivity index (χ3v) is 6.39. The molecule has 21 heavy (non-hydrogen) atoms. The van der Waals surface area contributed by atoms with Gasteiger partial charge in [0.25, 0.3) is 0 Å². The number of ketones is 1. The number of carbonyl (C=O) groups is 1. The van der Waals surface area contributed by atoms with Crippen LogP contribution in [0.4, 0.5) is 0 Å². The average molecular weight is 288 g/mol. The number of hydrogen-bond acceptors (Lipinski definition) is 1. The summed E-state index contributed by atoms with van der Waals surface area (Å²) in [6.45, 7) is 17.1. The van der Waals surface area contributed by atoms with Gasteiger partial charge in [-0.15, -0.1) is 13.2 Å². The number of hydrogen-bond donors (Lipinski definition) is 0. The number of carbonyl (C=O) groups excluding carboxylic acids is 1. The molecule has 2 aliphatic carbocycles. The first kappa shape index (κ1) is 16.5. The van der Waals surface area contributed by atoms with E-state index < -0.39 is 0 Å². The standard InChI is InChI=1S/C20H32O/c1-7-9-20(10-8-2)14-19(6)12-11-18(4,5)13-16(19)15(3)17(20)21/h7-8,15-16H,1-2,9-14H2,3-6H3/t15-,16+,19-/m1/s1. The summed E-state index contributed by atoms with van der Waals surface area (Å²) in [7, 11) is 0. The van der Waals surface area contributed by atoms with Crippen molar-refractivity contribution in [3.05, 3.63) is 25.3 Å². The molecule has 2 rings (SSSR count). The molecule has 3 atom stereocenters. The predicted molar refractivity (Wildman–Crippen MR) is 90.1 cm³/mol. The highest BCUT2D eigenvalue weighted by atomic mass is 16.1. The third kappa shape index (κ3) is 2.76. The van der Waals surface area contributed by atoms with E-state index in [4.69, 9.17) is 0 Å². The molecule has 0 heterocycles. The van der Waals surface area contributed by atoms with Crippen molar-refractivity contribution in [2.45, 2.75) is 66.2 Å². The summed E-state index contributed by atoms with van der Waals surface area (Å²) in [4.78, 5) is 13.1. The van der Waals surface area contributed by atoms with Crippen LogP contribution in [0.3, 0.4) is 0 Å². The van der Waals surface area contributed by atoms with E-state index in [2.05, 4.69) is 40.9 Å². The first-order valence-corrected chi connectivity index (χ1v) is 8.46. The minimum atomic E-state index is -0.240. The highest BCUT2D eigenvalue weighted by molar-refractivity contribution is 5.88. The Morgan fingerprint density at radius 2 is 1.71 bits per heavy atom. The monoisotopic (exact) mass is 288 g/mol. The predicted octanol–water partition coefficient (Wildman–Crippen LogP) is 5.57. The summed E-state index contributed by atoms with van der Waals surface area (Å²) in [5.74, 6) is 1.17. The van der Waals surface area contributed by atoms with Gasteiger partial charge in [-0.05, 0) is 55.3 Å². The lowest BCUT2D eigenvalue weighted by Crippen LogP contribution is -2.54. The molecule has 0 amide bonds. The lowest BCUT2D eigenvalue weighted by atomic mass is 9.46. The largest absolute Gasteiger partial charge is 0.299 e. The molecule has 1 heteroatoms. The minimum Gasteiger partial charge on any atom is -0.299 e. The zero-order valence-electron chi connectivity index (χ0n) is 14.4. The number of allylic oxidation sites excluding steroid dienone is 2. The topological polar surface area (TPSA) is 17.1 Å². The Labute approximate surface area is 130 Å². The van der Waals surface area contributed by atoms with Crippen LogP contribution in [-0.4, -0.2) is 5.78 Å². The van der Waals surface area contributed by atoms with Crippen molar-refractivity contribution >= 4 is 5.78 Å². The first-order chi connectivity index (χ1) is 9.70. The van der Waals surface area contributed by atoms with Gasteiger partial charge in [0.2, 0.25) is 0 Å². The fourth-order valence-electron chi connectivity index (χ4n) is 5.26. The summed E-state index contributed by atoms with van der Waals surface area (Å²) in [6.07, 6.45) is 10.2. The van der Waals surface area contributed by atoms with E-state index in [1.165, 1.54) is 19.3 Å². The molecule has 0 saturated heterocycles. The molecule has 0 aromatic carbocycles. The van der Waals surface area contributed by atoms with Crippen LogP contribution < -0.4 is 0 Å². The molecule has 2 saturated carbocycles. The molecule has 0 aromatic rings. The van der Waals surface area contributed by atoms with Crippen LogP contribution in [0.25, 0.3) is 0 Å². The van der Waals surface area contributed by atoms with E-state index in [0.29, 0.717) is 22.5 Å². The van der Waals surface area contributed by atoms with Gasteiger partial charge in [-0.2, -0.15) is 0 Å². The second kappa shape index (κ2) is 5.41. The van der Waals surface area contributed by atoms with Crippen molar-refractivity contribution in [2.24, 2.45) is 28.1 Å². The quantitative estimate of drug-likeness (QED) is 0.618. The zero-order valence-corrected chi connectivity index (χ0v) is 14.4. The summed E-state index contributed by atoms with van der Waals surface area (Å²) < 4.78 is 0. The van der Waals surface area contributed by atoms with Crippen LogP contribution in [0, 0.1) is 28.1 Å². The average Bonchev–Trinajstić information content (AvgIpc) is 2.39. The van der Waals surface area contributed by atoms with E-state index in [1.807, 2.05) is 12.2 Å². The molecule has 118 valence electrons. The number of rotatable bonds is 4. The SMILES string of the molecule is C=CCC1(CC=C)C[C@@]2(C)CCC(C)(C)C[C@H]2[C@@H](C)C1=O. The highest BCUT2D eigenvalue weighted by Crippen LogP contribution is 2.61. The Hall–Kier alpha value is -0.850. The molecule has 2 aliphatic rings. The molecule has 0 radical (unpaired) electrons. The van der Waals surface area contributed by atoms with Gasteiger partial charge in [0.05, 0.1) is 0 Å². The van der Waals surface area contributed by atoms with Crippen molar-refractivity contribution in [1.82, 2.24) is 0 Å². The molecule has 0 bridgehead atoms. The van der Waals surface area contributed by atoms with E-state index in [-0.39, 0.29) is 11.3 Å². The first-order valence-electron chi connectivity index (χ1n) is 8.46. The van der Waals surface area contributed by atoms with Gasteiger partial charge in [-0.1, -0.05) is 39.8 Å². The maximum atomic E-state index is 13.1. The lowest BCUT2D eigenvalue weighted by molar-refractivity contribution is -0.152. The molecule has 0 N–H and O–H groups in total. The fraction of sp³-hybridized carbons (Fsp3) is 0.750. The van der Waals surface area contributed by atoms with Gasteiger partial charge in [0, 0.05) is 11.3 Å². The van der Waals surface area contributed by atoms with Crippen LogP contribution in [0.15, 0.2) is 25.3 Å². The van der Waals surface area contributed by atoms with Crippen molar-refractivity contribution in [3.63, 3.8) is 0 Å². The zero-order chi connectivity index (χ0) is 15.9. The molecule has 1 nitrogen and oxygen atoms in total. The maximum absolute atomic E-state index is 13.1. The lowest BCUT2D eigenvalue weighted by Gasteiger charge is -2.57. The van der Waals surface area contributed by atoms with Crippen molar-refractivity contribution < 1.29 is 4.79 Å². The molecule has 0 unspecified atom stereocenters. The third-order valence-electron chi connectivity index (χ3n) is 6.39. The van der Waals surface area contributed by atoms with Gasteiger partial charge in [-0.25, -0.2) is 0 Å². The van der Waals surface area contributed by atoms with Crippen LogP contribution in [-0.2, 0) is 4.79 Å². The Morgan fingerprint density at radius 1 is 1.14 bits per heavy atom. The van der Waals surface area contributed by atoms with Gasteiger partial charge < -0.3 is 0 Å². The van der Waals surface area contributed by atoms with Crippen LogP contribution in [0.1, 0.15) is 66.2 Å². The summed E-state index contributed by atoms with van der Waals surface area (Å²) in [6, 6.07) is 0. The van der Waals surface area contributed by atoms with Crippen LogP contribution >= 0.6 is 0 Å². The fourth-order valence-corrected chi connectivity index (χ4v) is 5.26. The van der Waals surface area contributed by atoms with Gasteiger partial charge in [-0.3, -0.25) is 4.79 Å². The van der Waals surface area contributed by atoms with Crippen LogP contribution in [0.5, 0.6) is 0 Å². The summed E-state index contributed by atoms with van der Waals surface area (Å²) >= 11 is 0. The maximum Gasteiger partial charge on any atom is 0.142 e. The second-order valence-corrected chi connectivity index (χ2v) is 8.72. The molecular formula is C20H32O. The number of Topliss-reactive ketones (excluding diaryl/α,β-unsaturated/α-hetero) is 1. The minimum absolute atomic E-state index is 0.170. The van der Waals surface area contributed by atoms with E-state index in [1.54, 1.807) is 0 Å². The van der Waals surface area contributed by atoms with E-state index >= 15 is 0 Å². The molecule has 2 fully saturated rings. The molecule has 0 spiro atoms. The van der Waals surface area contributed by atoms with E-state index in [0.717, 1.165) is 19.3 Å². The molecular weight excluding hydrogens is 256 g/mol. The Balaban J connectivity index is 2.39. The Morgan fingerprint density at radius 3 is 2.24 bits per heavy atom. The van der Waals surface area contributed by atoms with Gasteiger partial charge in [0.1, 0.15) is 5.78 Å². The molecule has 0 aromatic heterocycles. The summed E-state index contributed by atoms with van der Waals surface area (Å²) in [5, 5.41) is 0. The normalized spacial score (nSPS) is 37.6. The highest BCUT2D eigenvalue weighted by Gasteiger charge is 2.57. The summed E-state index contributed by atoms with van der Waals surface area (Å²) in [5.41, 5.74) is 0.445. The molecule has 0 aliphatic heterocycles. The van der Waals surface area contributed by atoms with Crippen LogP contribution in [0.2, 0.25) is 0 Å². The van der Waals surface area contributed by atoms with Gasteiger partial charge in [0.15, 0.2) is 0 Å². The smallest absolute Gasteiger partial charge is 0.142 e. The van der Waals surface area contributed by atoms with Crippen molar-refractivity contribution in [1.29, 1.82) is 0 Å². The van der Waals surface area contributed by atoms with Crippen molar-refractivity contribution in [2.75, 3.05) is 0 Å². The number of fused-ring (bicyclic) bond motifs is 1. The Kier molecular flexibility index (Phi) is 4.26. The second-order valence-electron chi connectivity index (χ2n) is 8.72. The van der Waals surface area contributed by atoms with Gasteiger partial charge >= 0.3 is 0 Å². The Bertz CT molecular complexity index is 435.